The number of thiophene rings is 1. The highest BCUT2D eigenvalue weighted by atomic mass is 32.1. The summed E-state index contributed by atoms with van der Waals surface area (Å²) >= 11 is 1.60. The highest BCUT2D eigenvalue weighted by molar-refractivity contribution is 7.13. The molecule has 3 heterocycles. The molecule has 1 aliphatic carbocycles. The molecule has 0 saturated carbocycles. The number of nitrogens with one attached hydrogen (secondary N) is 1. The Morgan fingerprint density at radius 1 is 1.17 bits per heavy atom. The number of fused-ring (bicyclic) bond motifs is 1. The van der Waals surface area contributed by atoms with Crippen LogP contribution in [0.5, 0.6) is 0 Å². The van der Waals surface area contributed by atoms with Crippen molar-refractivity contribution < 1.29 is 9.32 Å². The number of nitrogens with zero attached hydrogens (tertiary/aromatic N) is 2. The summed E-state index contributed by atoms with van der Waals surface area (Å²) in [7, 11) is 0. The molecular formula is C23H21N3O2S. The summed E-state index contributed by atoms with van der Waals surface area (Å²) < 4.78 is 5.37. The van der Waals surface area contributed by atoms with E-state index in [9.17, 15) is 4.79 Å². The van der Waals surface area contributed by atoms with Crippen molar-refractivity contribution in [3.05, 3.63) is 88.1 Å². The predicted octanol–water partition coefficient (Wildman–Crippen LogP) is 4.19. The fourth-order valence-corrected chi connectivity index (χ4v) is 4.39. The molecule has 0 radical (unpaired) electrons. The number of allylic oxidation sites excluding steroid dienone is 3. The van der Waals surface area contributed by atoms with Crippen molar-refractivity contribution in [1.82, 2.24) is 15.4 Å². The normalized spacial score (nSPS) is 15.3. The van der Waals surface area contributed by atoms with Gasteiger partial charge in [-0.15, -0.1) is 11.3 Å². The monoisotopic (exact) mass is 403 g/mol. The lowest BCUT2D eigenvalue weighted by atomic mass is 10.00. The Morgan fingerprint density at radius 3 is 2.79 bits per heavy atom. The minimum Gasteiger partial charge on any atom is -0.371 e. The van der Waals surface area contributed by atoms with Gasteiger partial charge in [0.15, 0.2) is 5.76 Å². The molecule has 1 aromatic carbocycles. The molecule has 1 N–H and O–H groups in total. The fourth-order valence-electron chi connectivity index (χ4n) is 3.72. The summed E-state index contributed by atoms with van der Waals surface area (Å²) in [5.74, 6) is 0.648. The summed E-state index contributed by atoms with van der Waals surface area (Å²) in [5.41, 5.74) is 5.33. The summed E-state index contributed by atoms with van der Waals surface area (Å²) in [6, 6.07) is 11.9. The van der Waals surface area contributed by atoms with Crippen LogP contribution < -0.4 is 5.32 Å². The maximum absolute atomic E-state index is 12.7. The first-order valence-electron chi connectivity index (χ1n) is 9.79. The van der Waals surface area contributed by atoms with Crippen molar-refractivity contribution in [2.24, 2.45) is 0 Å². The molecule has 6 heteroatoms. The second kappa shape index (κ2) is 7.72. The first-order chi connectivity index (χ1) is 14.3. The zero-order valence-corrected chi connectivity index (χ0v) is 16.7. The molecule has 0 atom stereocenters. The molecule has 1 aliphatic heterocycles. The van der Waals surface area contributed by atoms with Gasteiger partial charge in [0.1, 0.15) is 5.69 Å². The first-order valence-corrected chi connectivity index (χ1v) is 10.7. The lowest BCUT2D eigenvalue weighted by Crippen LogP contribution is -2.26. The number of hydrogen-bond acceptors (Lipinski definition) is 5. The Balaban J connectivity index is 1.22. The zero-order valence-electron chi connectivity index (χ0n) is 15.9. The van der Waals surface area contributed by atoms with Gasteiger partial charge in [-0.2, -0.15) is 0 Å². The van der Waals surface area contributed by atoms with Gasteiger partial charge in [-0.25, -0.2) is 0 Å². The van der Waals surface area contributed by atoms with Gasteiger partial charge in [-0.05, 0) is 59.7 Å². The van der Waals surface area contributed by atoms with Gasteiger partial charge in [0, 0.05) is 30.4 Å². The van der Waals surface area contributed by atoms with Crippen molar-refractivity contribution in [2.45, 2.75) is 19.4 Å². The topological polar surface area (TPSA) is 58.4 Å². The van der Waals surface area contributed by atoms with Crippen LogP contribution in [0.4, 0.5) is 0 Å². The summed E-state index contributed by atoms with van der Waals surface area (Å²) in [6.07, 6.45) is 8.35. The van der Waals surface area contributed by atoms with E-state index < -0.39 is 0 Å². The number of rotatable bonds is 5. The molecule has 0 spiro atoms. The fraction of sp³-hybridized carbons (Fsp3) is 0.217. The maximum Gasteiger partial charge on any atom is 0.251 e. The molecule has 29 heavy (non-hydrogen) atoms. The van der Waals surface area contributed by atoms with Crippen LogP contribution in [0.1, 0.15) is 27.2 Å². The largest absolute Gasteiger partial charge is 0.371 e. The van der Waals surface area contributed by atoms with Crippen molar-refractivity contribution in [3.63, 3.8) is 0 Å². The summed E-state index contributed by atoms with van der Waals surface area (Å²) in [4.78, 5) is 16.1. The van der Waals surface area contributed by atoms with Gasteiger partial charge in [-0.3, -0.25) is 4.79 Å². The molecule has 1 amide bonds. The van der Waals surface area contributed by atoms with Crippen LogP contribution in [0, 0.1) is 0 Å². The Morgan fingerprint density at radius 2 is 2.03 bits per heavy atom. The highest BCUT2D eigenvalue weighted by Crippen LogP contribution is 2.25. The van der Waals surface area contributed by atoms with E-state index in [2.05, 4.69) is 39.7 Å². The molecule has 0 saturated heterocycles. The lowest BCUT2D eigenvalue weighted by molar-refractivity contribution is 0.0950. The zero-order chi connectivity index (χ0) is 19.6. The van der Waals surface area contributed by atoms with Crippen LogP contribution >= 0.6 is 11.3 Å². The maximum atomic E-state index is 12.7. The van der Waals surface area contributed by atoms with Crippen molar-refractivity contribution in [2.75, 3.05) is 13.1 Å². The third-order valence-corrected chi connectivity index (χ3v) is 6.31. The Hall–Kier alpha value is -3.12. The molecule has 2 aliphatic rings. The van der Waals surface area contributed by atoms with Crippen LogP contribution in [0.25, 0.3) is 10.6 Å². The molecule has 5 rings (SSSR count). The van der Waals surface area contributed by atoms with Gasteiger partial charge in [0.05, 0.1) is 11.4 Å². The van der Waals surface area contributed by atoms with E-state index in [-0.39, 0.29) is 5.91 Å². The number of carbonyl (C=O) groups is 1. The van der Waals surface area contributed by atoms with Crippen molar-refractivity contribution >= 4 is 17.2 Å². The van der Waals surface area contributed by atoms with Gasteiger partial charge in [-0.1, -0.05) is 23.4 Å². The molecule has 5 nitrogen and oxygen atoms in total. The van der Waals surface area contributed by atoms with E-state index in [1.54, 1.807) is 11.3 Å². The molecule has 146 valence electrons. The van der Waals surface area contributed by atoms with E-state index in [0.29, 0.717) is 17.8 Å². The minimum atomic E-state index is -0.0841. The second-order valence-corrected chi connectivity index (χ2v) is 8.21. The number of amides is 1. The van der Waals surface area contributed by atoms with E-state index in [1.807, 2.05) is 35.7 Å². The van der Waals surface area contributed by atoms with Crippen molar-refractivity contribution in [1.29, 1.82) is 0 Å². The number of benzene rings is 1. The summed E-state index contributed by atoms with van der Waals surface area (Å²) in [5, 5.41) is 9.01. The highest BCUT2D eigenvalue weighted by Gasteiger charge is 2.18. The molecular weight excluding hydrogens is 382 g/mol. The van der Waals surface area contributed by atoms with Gasteiger partial charge in [0.25, 0.3) is 5.91 Å². The van der Waals surface area contributed by atoms with Gasteiger partial charge >= 0.3 is 0 Å². The molecule has 0 bridgehead atoms. The Labute approximate surface area is 173 Å². The Bertz CT molecular complexity index is 1100. The smallest absolute Gasteiger partial charge is 0.251 e. The SMILES string of the molecule is O=C(NCc1cc(-c2cccs2)on1)c1ccc2c(c1)CCN(C1=CC=C1)CC2. The van der Waals surface area contributed by atoms with Gasteiger partial charge < -0.3 is 14.7 Å². The van der Waals surface area contributed by atoms with Crippen LogP contribution in [-0.4, -0.2) is 29.1 Å². The summed E-state index contributed by atoms with van der Waals surface area (Å²) in [6.45, 7) is 2.35. The third-order valence-electron chi connectivity index (χ3n) is 5.42. The average molecular weight is 404 g/mol. The van der Waals surface area contributed by atoms with E-state index in [4.69, 9.17) is 4.52 Å². The van der Waals surface area contributed by atoms with Crippen LogP contribution in [-0.2, 0) is 19.4 Å². The number of aromatic nitrogens is 1. The molecule has 0 unspecified atom stereocenters. The van der Waals surface area contributed by atoms with Crippen LogP contribution in [0.2, 0.25) is 0 Å². The van der Waals surface area contributed by atoms with Crippen LogP contribution in [0.15, 0.2) is 70.2 Å². The van der Waals surface area contributed by atoms with Crippen molar-refractivity contribution in [3.8, 4) is 10.6 Å². The molecule has 2 aromatic heterocycles. The van der Waals surface area contributed by atoms with E-state index >= 15 is 0 Å². The molecule has 3 aromatic rings. The Kier molecular flexibility index (Phi) is 4.77. The molecule has 0 fully saturated rings. The first kappa shape index (κ1) is 17.9. The quantitative estimate of drug-likeness (QED) is 0.694. The third kappa shape index (κ3) is 3.76. The van der Waals surface area contributed by atoms with Crippen LogP contribution in [0.3, 0.4) is 0 Å². The second-order valence-electron chi connectivity index (χ2n) is 7.26. The van der Waals surface area contributed by atoms with E-state index in [0.717, 1.165) is 36.6 Å². The minimum absolute atomic E-state index is 0.0841. The number of hydrogen-bond donors (Lipinski definition) is 1. The predicted molar refractivity (Wildman–Crippen MR) is 114 cm³/mol. The number of carbonyl (C=O) groups excluding carboxylic acids is 1. The lowest BCUT2D eigenvalue weighted by Gasteiger charge is -2.26. The van der Waals surface area contributed by atoms with E-state index in [1.165, 1.54) is 16.8 Å². The van der Waals surface area contributed by atoms with Gasteiger partial charge in [0.2, 0.25) is 0 Å². The standard InChI is InChI=1S/C23H21N3O2S/c27-23(24-15-19-14-21(28-25-19)22-5-2-12-29-22)18-7-6-16-8-10-26(20-3-1-4-20)11-9-17(16)13-18/h1-7,12-14H,8-11,15H2,(H,24,27). The average Bonchev–Trinajstić information content (AvgIpc) is 3.35.